The number of rotatable bonds is 5. The second-order valence-corrected chi connectivity index (χ2v) is 10.3. The van der Waals surface area contributed by atoms with Crippen LogP contribution >= 0.6 is 0 Å². The second kappa shape index (κ2) is 8.09. The number of benzene rings is 1. The number of cyclic esters (lactones) is 1. The van der Waals surface area contributed by atoms with Gasteiger partial charge in [-0.25, -0.2) is 4.79 Å². The van der Waals surface area contributed by atoms with E-state index >= 15 is 0 Å². The molecule has 8 nitrogen and oxygen atoms in total. The van der Waals surface area contributed by atoms with Gasteiger partial charge in [0.1, 0.15) is 5.75 Å². The summed E-state index contributed by atoms with van der Waals surface area (Å²) in [6.45, 7) is 1.88. The van der Waals surface area contributed by atoms with Gasteiger partial charge in [0, 0.05) is 0 Å². The van der Waals surface area contributed by atoms with Crippen LogP contribution in [0.4, 0.5) is 0 Å². The van der Waals surface area contributed by atoms with Gasteiger partial charge in [0.25, 0.3) is 0 Å². The standard InChI is InChI=1S/C25H30O8/c1-24-9-8-17-16-5-3-15(10-14(16)2-4-18(17)19(24)6-7-20(24)26)33-22(29)12-25(11-21(27)28)23(30)31-13-32-25/h3,5,10,17-20,26H,2,4,6-9,11-13H2,1H3,(H,27,28)/t17?,18?,19?,20-,24-,25?/m0/s1. The van der Waals surface area contributed by atoms with Crippen molar-refractivity contribution in [2.24, 2.45) is 17.3 Å². The lowest BCUT2D eigenvalue weighted by molar-refractivity contribution is -0.157. The molecule has 1 heterocycles. The predicted octanol–water partition coefficient (Wildman–Crippen LogP) is 2.94. The second-order valence-electron chi connectivity index (χ2n) is 10.3. The van der Waals surface area contributed by atoms with Gasteiger partial charge in [0.2, 0.25) is 0 Å². The van der Waals surface area contributed by atoms with E-state index in [1.165, 1.54) is 11.1 Å². The maximum Gasteiger partial charge on any atom is 0.341 e. The molecule has 3 fully saturated rings. The molecule has 0 bridgehead atoms. The van der Waals surface area contributed by atoms with E-state index in [0.717, 1.165) is 38.5 Å². The van der Waals surface area contributed by atoms with E-state index in [1.54, 1.807) is 6.07 Å². The Kier molecular flexibility index (Phi) is 5.48. The van der Waals surface area contributed by atoms with Gasteiger partial charge in [-0.1, -0.05) is 13.0 Å². The predicted molar refractivity (Wildman–Crippen MR) is 114 cm³/mol. The molecule has 0 radical (unpaired) electrons. The average molecular weight is 459 g/mol. The number of carbonyl (C=O) groups is 3. The van der Waals surface area contributed by atoms with Crippen molar-refractivity contribution in [2.75, 3.05) is 6.79 Å². The Bertz CT molecular complexity index is 989. The minimum Gasteiger partial charge on any atom is -0.481 e. The third-order valence-electron chi connectivity index (χ3n) is 8.64. The van der Waals surface area contributed by atoms with Crippen LogP contribution in [0.1, 0.15) is 68.9 Å². The van der Waals surface area contributed by atoms with E-state index in [4.69, 9.17) is 19.3 Å². The van der Waals surface area contributed by atoms with E-state index in [2.05, 4.69) is 6.92 Å². The van der Waals surface area contributed by atoms with Gasteiger partial charge in [0.15, 0.2) is 12.4 Å². The van der Waals surface area contributed by atoms with Gasteiger partial charge in [-0.15, -0.1) is 0 Å². The first-order valence-electron chi connectivity index (χ1n) is 11.8. The molecule has 8 heteroatoms. The molecule has 1 aromatic rings. The number of esters is 2. The Morgan fingerprint density at radius 1 is 1.18 bits per heavy atom. The van der Waals surface area contributed by atoms with Crippen LogP contribution in [0.2, 0.25) is 0 Å². The molecule has 0 amide bonds. The van der Waals surface area contributed by atoms with Crippen LogP contribution in [0.5, 0.6) is 5.75 Å². The number of carboxylic acid groups (broad SMARTS) is 1. The van der Waals surface area contributed by atoms with Crippen molar-refractivity contribution in [1.82, 2.24) is 0 Å². The summed E-state index contributed by atoms with van der Waals surface area (Å²) in [5, 5.41) is 19.7. The smallest absolute Gasteiger partial charge is 0.341 e. The first kappa shape index (κ1) is 22.3. The average Bonchev–Trinajstić information content (AvgIpc) is 3.26. The molecule has 0 spiro atoms. The van der Waals surface area contributed by atoms with Gasteiger partial charge in [0.05, 0.1) is 18.9 Å². The monoisotopic (exact) mass is 458 g/mol. The number of hydrogen-bond donors (Lipinski definition) is 2. The molecule has 1 saturated heterocycles. The van der Waals surface area contributed by atoms with Crippen LogP contribution in [-0.2, 0) is 30.3 Å². The maximum absolute atomic E-state index is 12.6. The fourth-order valence-electron chi connectivity index (χ4n) is 6.93. The third kappa shape index (κ3) is 3.73. The molecule has 178 valence electrons. The number of aliphatic carboxylic acids is 1. The number of hydrogen-bond acceptors (Lipinski definition) is 7. The minimum atomic E-state index is -1.84. The van der Waals surface area contributed by atoms with E-state index in [-0.39, 0.29) is 18.3 Å². The fraction of sp³-hybridized carbons (Fsp3) is 0.640. The largest absolute Gasteiger partial charge is 0.481 e. The highest BCUT2D eigenvalue weighted by atomic mass is 16.7. The number of carboxylic acids is 1. The number of fused-ring (bicyclic) bond motifs is 5. The van der Waals surface area contributed by atoms with Crippen LogP contribution in [0, 0.1) is 17.3 Å². The summed E-state index contributed by atoms with van der Waals surface area (Å²) in [4.78, 5) is 35.8. The van der Waals surface area contributed by atoms with Crippen molar-refractivity contribution < 1.29 is 38.8 Å². The molecule has 1 aromatic carbocycles. The summed E-state index contributed by atoms with van der Waals surface area (Å²) in [6, 6.07) is 5.70. The van der Waals surface area contributed by atoms with Crippen molar-refractivity contribution in [1.29, 1.82) is 0 Å². The summed E-state index contributed by atoms with van der Waals surface area (Å²) in [6.07, 6.45) is 4.63. The highest BCUT2D eigenvalue weighted by molar-refractivity contribution is 5.91. The van der Waals surface area contributed by atoms with E-state index in [0.29, 0.717) is 23.5 Å². The quantitative estimate of drug-likeness (QED) is 0.511. The molecular formula is C25H30O8. The van der Waals surface area contributed by atoms with Crippen molar-refractivity contribution in [3.63, 3.8) is 0 Å². The van der Waals surface area contributed by atoms with Crippen molar-refractivity contribution >= 4 is 17.9 Å². The molecule has 4 aliphatic rings. The number of aryl methyl sites for hydroxylation is 1. The zero-order valence-electron chi connectivity index (χ0n) is 18.7. The van der Waals surface area contributed by atoms with Gasteiger partial charge in [-0.2, -0.15) is 0 Å². The van der Waals surface area contributed by atoms with E-state index in [1.807, 2.05) is 12.1 Å². The Balaban J connectivity index is 1.30. The summed E-state index contributed by atoms with van der Waals surface area (Å²) in [7, 11) is 0. The van der Waals surface area contributed by atoms with E-state index < -0.39 is 36.4 Å². The first-order valence-corrected chi connectivity index (χ1v) is 11.8. The Hall–Kier alpha value is -2.45. The van der Waals surface area contributed by atoms with Gasteiger partial charge in [-0.05, 0) is 85.0 Å². The maximum atomic E-state index is 12.6. The first-order chi connectivity index (χ1) is 15.7. The molecule has 6 atom stereocenters. The molecule has 2 N–H and O–H groups in total. The minimum absolute atomic E-state index is 0.0313. The van der Waals surface area contributed by atoms with Crippen LogP contribution in [-0.4, -0.2) is 46.6 Å². The molecule has 0 aromatic heterocycles. The van der Waals surface area contributed by atoms with Crippen LogP contribution in [0.15, 0.2) is 18.2 Å². The molecule has 2 saturated carbocycles. The lowest BCUT2D eigenvalue weighted by atomic mass is 9.55. The molecule has 1 aliphatic heterocycles. The zero-order valence-corrected chi connectivity index (χ0v) is 18.7. The SMILES string of the molecule is C[C@]12CCC3c4ccc(OC(=O)CC5(CC(=O)O)OCOC5=O)cc4CCC3C1CC[C@@H]2O. The zero-order chi connectivity index (χ0) is 23.4. The summed E-state index contributed by atoms with van der Waals surface area (Å²) >= 11 is 0. The lowest BCUT2D eigenvalue weighted by Crippen LogP contribution is -2.43. The normalized spacial score (nSPS) is 37.0. The Labute approximate surface area is 192 Å². The lowest BCUT2D eigenvalue weighted by Gasteiger charge is -2.50. The van der Waals surface area contributed by atoms with Crippen molar-refractivity contribution in [3.05, 3.63) is 29.3 Å². The molecule has 5 rings (SSSR count). The van der Waals surface area contributed by atoms with Gasteiger partial charge in [-0.3, -0.25) is 9.59 Å². The van der Waals surface area contributed by atoms with Crippen molar-refractivity contribution in [2.45, 2.75) is 75.9 Å². The number of ether oxygens (including phenoxy) is 3. The summed E-state index contributed by atoms with van der Waals surface area (Å²) < 4.78 is 15.4. The topological polar surface area (TPSA) is 119 Å². The Morgan fingerprint density at radius 3 is 2.73 bits per heavy atom. The molecule has 4 unspecified atom stereocenters. The van der Waals surface area contributed by atoms with Crippen molar-refractivity contribution in [3.8, 4) is 5.75 Å². The third-order valence-corrected chi connectivity index (χ3v) is 8.64. The number of carbonyl (C=O) groups excluding carboxylic acids is 2. The highest BCUT2D eigenvalue weighted by Crippen LogP contribution is 2.60. The molecular weight excluding hydrogens is 428 g/mol. The van der Waals surface area contributed by atoms with Gasteiger partial charge < -0.3 is 24.4 Å². The fourth-order valence-corrected chi connectivity index (χ4v) is 6.93. The molecule has 3 aliphatic carbocycles. The van der Waals surface area contributed by atoms with Crippen LogP contribution in [0.25, 0.3) is 0 Å². The molecule has 33 heavy (non-hydrogen) atoms. The highest BCUT2D eigenvalue weighted by Gasteiger charge is 2.54. The Morgan fingerprint density at radius 2 is 2.00 bits per heavy atom. The number of aliphatic hydroxyl groups excluding tert-OH is 1. The van der Waals surface area contributed by atoms with Crippen LogP contribution < -0.4 is 4.74 Å². The van der Waals surface area contributed by atoms with E-state index in [9.17, 15) is 19.5 Å². The summed E-state index contributed by atoms with van der Waals surface area (Å²) in [5.41, 5.74) is 0.661. The van der Waals surface area contributed by atoms with Gasteiger partial charge >= 0.3 is 17.9 Å². The van der Waals surface area contributed by atoms with Crippen LogP contribution in [0.3, 0.4) is 0 Å². The summed E-state index contributed by atoms with van der Waals surface area (Å²) in [5.74, 6) is -0.898. The number of aliphatic hydroxyl groups is 1.